The number of nitrogens with zero attached hydrogens (tertiary/aromatic N) is 1. The summed E-state index contributed by atoms with van der Waals surface area (Å²) in [5.41, 5.74) is 1.36. The lowest BCUT2D eigenvalue weighted by molar-refractivity contribution is 0.443. The molecule has 0 heterocycles. The lowest BCUT2D eigenvalue weighted by atomic mass is 9.97. The first-order valence-corrected chi connectivity index (χ1v) is 8.59. The first kappa shape index (κ1) is 21.0. The van der Waals surface area contributed by atoms with Crippen LogP contribution in [0.5, 0.6) is 0 Å². The minimum Gasteiger partial charge on any atom is -0.291 e. The molecular weight excluding hydrogens is 230 g/mol. The fourth-order valence-electron chi connectivity index (χ4n) is 2.00. The summed E-state index contributed by atoms with van der Waals surface area (Å²) in [6.07, 6.45) is 7.62. The van der Waals surface area contributed by atoms with Crippen LogP contribution < -0.4 is 0 Å². The molecular formula is C18H39N. The number of rotatable bonds is 9. The van der Waals surface area contributed by atoms with Gasteiger partial charge < -0.3 is 0 Å². The molecule has 0 spiro atoms. The van der Waals surface area contributed by atoms with Crippen LogP contribution in [0.25, 0.3) is 0 Å². The van der Waals surface area contributed by atoms with Crippen LogP contribution in [0.2, 0.25) is 0 Å². The van der Waals surface area contributed by atoms with Crippen LogP contribution in [-0.2, 0) is 0 Å². The maximum atomic E-state index is 4.96. The highest BCUT2D eigenvalue weighted by molar-refractivity contribution is 5.84. The summed E-state index contributed by atoms with van der Waals surface area (Å²) in [4.78, 5) is 4.96. The summed E-state index contributed by atoms with van der Waals surface area (Å²) < 4.78 is 0. The van der Waals surface area contributed by atoms with Crippen molar-refractivity contribution in [2.45, 2.75) is 100.0 Å². The Labute approximate surface area is 123 Å². The molecule has 3 unspecified atom stereocenters. The van der Waals surface area contributed by atoms with E-state index in [1.54, 1.807) is 0 Å². The van der Waals surface area contributed by atoms with E-state index >= 15 is 0 Å². The van der Waals surface area contributed by atoms with Crippen molar-refractivity contribution in [3.05, 3.63) is 0 Å². The van der Waals surface area contributed by atoms with E-state index in [1.165, 1.54) is 44.2 Å². The molecule has 3 atom stereocenters. The van der Waals surface area contributed by atoms with Crippen molar-refractivity contribution in [1.82, 2.24) is 0 Å². The Morgan fingerprint density at radius 2 is 1.47 bits per heavy atom. The van der Waals surface area contributed by atoms with E-state index < -0.39 is 0 Å². The molecule has 0 rings (SSSR count). The summed E-state index contributed by atoms with van der Waals surface area (Å²) >= 11 is 0. The van der Waals surface area contributed by atoms with Crippen molar-refractivity contribution in [1.29, 1.82) is 0 Å². The minimum absolute atomic E-state index is 0.572. The Hall–Kier alpha value is -0.330. The molecule has 0 aliphatic carbocycles. The smallest absolute Gasteiger partial charge is 0.0499 e. The average Bonchev–Trinajstić information content (AvgIpc) is 2.45. The van der Waals surface area contributed by atoms with E-state index in [-0.39, 0.29) is 0 Å². The first-order chi connectivity index (χ1) is 9.04. The van der Waals surface area contributed by atoms with E-state index in [9.17, 15) is 0 Å². The molecule has 0 aromatic heterocycles. The predicted molar refractivity (Wildman–Crippen MR) is 91.3 cm³/mol. The van der Waals surface area contributed by atoms with Crippen LogP contribution in [0.4, 0.5) is 0 Å². The van der Waals surface area contributed by atoms with E-state index in [0.717, 1.165) is 5.92 Å². The molecule has 1 nitrogen and oxygen atoms in total. The second-order valence-corrected chi connectivity index (χ2v) is 5.61. The van der Waals surface area contributed by atoms with Gasteiger partial charge in [0.25, 0.3) is 0 Å². The van der Waals surface area contributed by atoms with Gasteiger partial charge in [0, 0.05) is 11.8 Å². The molecule has 1 heteroatoms. The summed E-state index contributed by atoms with van der Waals surface area (Å²) in [5, 5.41) is 0. The van der Waals surface area contributed by atoms with E-state index in [1.807, 2.05) is 13.8 Å². The molecule has 19 heavy (non-hydrogen) atoms. The number of aliphatic imine (C=N–C) groups is 1. The maximum absolute atomic E-state index is 4.96. The van der Waals surface area contributed by atoms with E-state index in [4.69, 9.17) is 4.99 Å². The minimum atomic E-state index is 0.572. The third-order valence-electron chi connectivity index (χ3n) is 4.02. The molecule has 0 aromatic rings. The van der Waals surface area contributed by atoms with Crippen molar-refractivity contribution in [3.8, 4) is 0 Å². The van der Waals surface area contributed by atoms with Crippen LogP contribution in [-0.4, -0.2) is 11.8 Å². The molecule has 0 aliphatic heterocycles. The molecule has 0 bridgehead atoms. The standard InChI is InChI=1S/C16H33N.C2H6/c1-7-10-16(12-11-13(4)8-2)17-15(6)14(5)9-3;1-2/h13-14,16H,7-12H2,1-6H3;1-2H3. The highest BCUT2D eigenvalue weighted by atomic mass is 14.8. The van der Waals surface area contributed by atoms with Crippen LogP contribution in [0.15, 0.2) is 4.99 Å². The Morgan fingerprint density at radius 3 is 1.89 bits per heavy atom. The SMILES string of the molecule is CC.CCCC(CCC(C)CC)N=C(C)C(C)CC. The normalized spacial score (nSPS) is 16.3. The quantitative estimate of drug-likeness (QED) is 0.423. The van der Waals surface area contributed by atoms with Gasteiger partial charge in [-0.25, -0.2) is 0 Å². The van der Waals surface area contributed by atoms with Gasteiger partial charge in [-0.1, -0.05) is 61.3 Å². The summed E-state index contributed by atoms with van der Waals surface area (Å²) in [5.74, 6) is 1.51. The van der Waals surface area contributed by atoms with Gasteiger partial charge in [-0.05, 0) is 44.4 Å². The van der Waals surface area contributed by atoms with Gasteiger partial charge in [-0.15, -0.1) is 0 Å². The molecule has 0 fully saturated rings. The molecule has 0 N–H and O–H groups in total. The fourth-order valence-corrected chi connectivity index (χ4v) is 2.00. The van der Waals surface area contributed by atoms with Gasteiger partial charge in [-0.3, -0.25) is 4.99 Å². The van der Waals surface area contributed by atoms with Crippen LogP contribution in [0.3, 0.4) is 0 Å². The zero-order chi connectivity index (χ0) is 15.3. The molecule has 0 saturated carbocycles. The highest BCUT2D eigenvalue weighted by Gasteiger charge is 2.10. The highest BCUT2D eigenvalue weighted by Crippen LogP contribution is 2.17. The largest absolute Gasteiger partial charge is 0.291 e. The second kappa shape index (κ2) is 14.1. The first-order valence-electron chi connectivity index (χ1n) is 8.59. The van der Waals surface area contributed by atoms with Crippen molar-refractivity contribution in [2.24, 2.45) is 16.8 Å². The Morgan fingerprint density at radius 1 is 0.895 bits per heavy atom. The zero-order valence-corrected chi connectivity index (χ0v) is 14.9. The number of hydrogen-bond acceptors (Lipinski definition) is 1. The van der Waals surface area contributed by atoms with Crippen LogP contribution >= 0.6 is 0 Å². The van der Waals surface area contributed by atoms with E-state index in [0.29, 0.717) is 12.0 Å². The van der Waals surface area contributed by atoms with Gasteiger partial charge in [0.05, 0.1) is 0 Å². The van der Waals surface area contributed by atoms with Gasteiger partial charge >= 0.3 is 0 Å². The second-order valence-electron chi connectivity index (χ2n) is 5.61. The molecule has 0 amide bonds. The van der Waals surface area contributed by atoms with E-state index in [2.05, 4.69) is 41.5 Å². The summed E-state index contributed by atoms with van der Waals surface area (Å²) in [6, 6.07) is 0.572. The van der Waals surface area contributed by atoms with Gasteiger partial charge in [-0.2, -0.15) is 0 Å². The third-order valence-corrected chi connectivity index (χ3v) is 4.02. The van der Waals surface area contributed by atoms with Crippen molar-refractivity contribution in [2.75, 3.05) is 0 Å². The Kier molecular flexibility index (Phi) is 15.6. The predicted octanol–water partition coefficient (Wildman–Crippen LogP) is 6.51. The van der Waals surface area contributed by atoms with Crippen LogP contribution in [0, 0.1) is 11.8 Å². The summed E-state index contributed by atoms with van der Waals surface area (Å²) in [6.45, 7) is 17.7. The average molecular weight is 270 g/mol. The number of hydrogen-bond donors (Lipinski definition) is 0. The maximum Gasteiger partial charge on any atom is 0.0499 e. The molecule has 0 aliphatic rings. The van der Waals surface area contributed by atoms with Crippen LogP contribution in [0.1, 0.15) is 93.9 Å². The zero-order valence-electron chi connectivity index (χ0n) is 14.9. The van der Waals surface area contributed by atoms with Crippen molar-refractivity contribution in [3.63, 3.8) is 0 Å². The monoisotopic (exact) mass is 269 g/mol. The topological polar surface area (TPSA) is 12.4 Å². The molecule has 116 valence electrons. The molecule has 0 radical (unpaired) electrons. The third kappa shape index (κ3) is 11.2. The van der Waals surface area contributed by atoms with Crippen molar-refractivity contribution >= 4 is 5.71 Å². The summed E-state index contributed by atoms with van der Waals surface area (Å²) in [7, 11) is 0. The lowest BCUT2D eigenvalue weighted by Gasteiger charge is -2.17. The van der Waals surface area contributed by atoms with Gasteiger partial charge in [0.1, 0.15) is 0 Å². The Balaban J connectivity index is 0. The van der Waals surface area contributed by atoms with Gasteiger partial charge in [0.15, 0.2) is 0 Å². The van der Waals surface area contributed by atoms with Gasteiger partial charge in [0.2, 0.25) is 0 Å². The van der Waals surface area contributed by atoms with Crippen molar-refractivity contribution < 1.29 is 0 Å². The Bertz CT molecular complexity index is 208. The molecule has 0 saturated heterocycles. The fraction of sp³-hybridized carbons (Fsp3) is 0.944. The lowest BCUT2D eigenvalue weighted by Crippen LogP contribution is -2.13. The molecule has 0 aromatic carbocycles.